The first-order valence-corrected chi connectivity index (χ1v) is 8.29. The summed E-state index contributed by atoms with van der Waals surface area (Å²) in [6.45, 7) is 8.64. The minimum absolute atomic E-state index is 0.470. The van der Waals surface area contributed by atoms with Crippen molar-refractivity contribution >= 4 is 0 Å². The van der Waals surface area contributed by atoms with Crippen LogP contribution in [-0.4, -0.2) is 23.1 Å². The third kappa shape index (κ3) is 1.83. The minimum Gasteiger partial charge on any atom is -0.507 e. The number of aryl methyl sites for hydroxylation is 2. The van der Waals surface area contributed by atoms with Crippen LogP contribution in [0.15, 0.2) is 24.3 Å². The number of fused-ring (bicyclic) bond motifs is 2. The molecule has 0 saturated carbocycles. The maximum Gasteiger partial charge on any atom is 0.126 e. The van der Waals surface area contributed by atoms with Gasteiger partial charge in [0.2, 0.25) is 0 Å². The maximum absolute atomic E-state index is 10.7. The van der Waals surface area contributed by atoms with Crippen molar-refractivity contribution in [3.8, 4) is 16.9 Å². The van der Waals surface area contributed by atoms with E-state index in [-0.39, 0.29) is 0 Å². The Morgan fingerprint density at radius 2 is 2.00 bits per heavy atom. The van der Waals surface area contributed by atoms with Crippen LogP contribution in [0.3, 0.4) is 0 Å². The molecule has 0 amide bonds. The number of hydrogen-bond acceptors (Lipinski definition) is 2. The number of rotatable bonds is 1. The Bertz CT molecular complexity index is 763. The second-order valence-corrected chi connectivity index (χ2v) is 6.75. The predicted molar refractivity (Wildman–Crippen MR) is 90.4 cm³/mol. The first-order chi connectivity index (χ1) is 10.6. The lowest BCUT2D eigenvalue weighted by molar-refractivity contribution is 0.192. The van der Waals surface area contributed by atoms with Gasteiger partial charge in [0.05, 0.1) is 0 Å². The molecule has 2 heteroatoms. The Morgan fingerprint density at radius 1 is 1.18 bits per heavy atom. The Kier molecular flexibility index (Phi) is 3.05. The number of benzene rings is 2. The van der Waals surface area contributed by atoms with E-state index in [0.717, 1.165) is 37.1 Å². The van der Waals surface area contributed by atoms with Crippen molar-refractivity contribution in [3.05, 3.63) is 52.1 Å². The molecular formula is C20H23NO. The molecule has 114 valence electrons. The van der Waals surface area contributed by atoms with Crippen LogP contribution in [-0.2, 0) is 12.8 Å². The van der Waals surface area contributed by atoms with E-state index in [1.807, 2.05) is 6.92 Å². The van der Waals surface area contributed by atoms with Crippen molar-refractivity contribution in [2.24, 2.45) is 0 Å². The van der Waals surface area contributed by atoms with Gasteiger partial charge in [-0.1, -0.05) is 36.8 Å². The SMILES string of the molecule is CCN1CCc2cc(C)cc3c2[C@H]1Cc1ccc(C)c(O)c1-3. The van der Waals surface area contributed by atoms with E-state index in [0.29, 0.717) is 11.8 Å². The third-order valence-corrected chi connectivity index (χ3v) is 5.41. The summed E-state index contributed by atoms with van der Waals surface area (Å²) in [7, 11) is 0. The summed E-state index contributed by atoms with van der Waals surface area (Å²) in [5, 5.41) is 10.7. The van der Waals surface area contributed by atoms with Crippen LogP contribution in [0.2, 0.25) is 0 Å². The van der Waals surface area contributed by atoms with E-state index >= 15 is 0 Å². The zero-order chi connectivity index (χ0) is 15.4. The summed E-state index contributed by atoms with van der Waals surface area (Å²) in [6, 6.07) is 9.34. The summed E-state index contributed by atoms with van der Waals surface area (Å²) in [5.74, 6) is 0.470. The van der Waals surface area contributed by atoms with Gasteiger partial charge in [0, 0.05) is 18.2 Å². The Labute approximate surface area is 132 Å². The molecule has 22 heavy (non-hydrogen) atoms. The molecule has 1 heterocycles. The van der Waals surface area contributed by atoms with Crippen LogP contribution in [0.1, 0.15) is 40.8 Å². The fourth-order valence-electron chi connectivity index (χ4n) is 4.31. The molecule has 2 aromatic rings. The lowest BCUT2D eigenvalue weighted by Crippen LogP contribution is -2.38. The van der Waals surface area contributed by atoms with Crippen LogP contribution in [0, 0.1) is 13.8 Å². The molecule has 2 nitrogen and oxygen atoms in total. The average Bonchev–Trinajstić information content (AvgIpc) is 2.51. The lowest BCUT2D eigenvalue weighted by atomic mass is 9.75. The fraction of sp³-hybridized carbons (Fsp3) is 0.400. The molecule has 2 aliphatic rings. The summed E-state index contributed by atoms with van der Waals surface area (Å²) < 4.78 is 0. The highest BCUT2D eigenvalue weighted by Gasteiger charge is 2.35. The van der Waals surface area contributed by atoms with Crippen LogP contribution in [0.25, 0.3) is 11.1 Å². The first kappa shape index (κ1) is 13.8. The smallest absolute Gasteiger partial charge is 0.126 e. The molecule has 0 bridgehead atoms. The summed E-state index contributed by atoms with van der Waals surface area (Å²) >= 11 is 0. The highest BCUT2D eigenvalue weighted by molar-refractivity contribution is 5.81. The molecule has 1 aliphatic heterocycles. The molecule has 1 aliphatic carbocycles. The van der Waals surface area contributed by atoms with E-state index in [2.05, 4.69) is 43.0 Å². The molecule has 2 aromatic carbocycles. The third-order valence-electron chi connectivity index (χ3n) is 5.41. The van der Waals surface area contributed by atoms with E-state index in [9.17, 15) is 5.11 Å². The van der Waals surface area contributed by atoms with Crippen molar-refractivity contribution in [1.29, 1.82) is 0 Å². The van der Waals surface area contributed by atoms with Crippen molar-refractivity contribution in [3.63, 3.8) is 0 Å². The van der Waals surface area contributed by atoms with Gasteiger partial charge in [-0.15, -0.1) is 0 Å². The Balaban J connectivity index is 2.04. The molecule has 1 N–H and O–H groups in total. The van der Waals surface area contributed by atoms with E-state index in [1.165, 1.54) is 27.8 Å². The number of phenols is 1. The highest BCUT2D eigenvalue weighted by Crippen LogP contribution is 2.49. The topological polar surface area (TPSA) is 23.5 Å². The molecule has 1 atom stereocenters. The number of aromatic hydroxyl groups is 1. The number of phenolic OH excluding ortho intramolecular Hbond substituents is 1. The van der Waals surface area contributed by atoms with Crippen molar-refractivity contribution in [2.45, 2.75) is 39.7 Å². The van der Waals surface area contributed by atoms with E-state index in [1.54, 1.807) is 0 Å². The maximum atomic E-state index is 10.7. The highest BCUT2D eigenvalue weighted by atomic mass is 16.3. The molecule has 4 rings (SSSR count). The van der Waals surface area contributed by atoms with Gasteiger partial charge in [0.15, 0.2) is 0 Å². The van der Waals surface area contributed by atoms with Crippen molar-refractivity contribution in [1.82, 2.24) is 4.90 Å². The fourth-order valence-corrected chi connectivity index (χ4v) is 4.31. The van der Waals surface area contributed by atoms with E-state index in [4.69, 9.17) is 0 Å². The summed E-state index contributed by atoms with van der Waals surface area (Å²) in [5.41, 5.74) is 8.84. The molecule has 0 radical (unpaired) electrons. The number of nitrogens with zero attached hydrogens (tertiary/aromatic N) is 1. The van der Waals surface area contributed by atoms with Crippen LogP contribution in [0.4, 0.5) is 0 Å². The molecular weight excluding hydrogens is 270 g/mol. The summed E-state index contributed by atoms with van der Waals surface area (Å²) in [4.78, 5) is 2.58. The van der Waals surface area contributed by atoms with Gasteiger partial charge >= 0.3 is 0 Å². The van der Waals surface area contributed by atoms with Crippen LogP contribution >= 0.6 is 0 Å². The quantitative estimate of drug-likeness (QED) is 0.853. The van der Waals surface area contributed by atoms with Crippen molar-refractivity contribution < 1.29 is 5.11 Å². The van der Waals surface area contributed by atoms with Gasteiger partial charge in [0.1, 0.15) is 5.75 Å². The molecule has 0 unspecified atom stereocenters. The molecule has 0 saturated heterocycles. The van der Waals surface area contributed by atoms with Gasteiger partial charge < -0.3 is 5.11 Å². The lowest BCUT2D eigenvalue weighted by Gasteiger charge is -2.41. The normalized spacial score (nSPS) is 19.7. The van der Waals surface area contributed by atoms with Crippen LogP contribution < -0.4 is 0 Å². The first-order valence-electron chi connectivity index (χ1n) is 8.29. The zero-order valence-electron chi connectivity index (χ0n) is 13.6. The molecule has 0 fully saturated rings. The number of hydrogen-bond donors (Lipinski definition) is 1. The second-order valence-electron chi connectivity index (χ2n) is 6.75. The second kappa shape index (κ2) is 4.85. The Morgan fingerprint density at radius 3 is 2.77 bits per heavy atom. The molecule has 0 spiro atoms. The molecule has 0 aromatic heterocycles. The summed E-state index contributed by atoms with van der Waals surface area (Å²) in [6.07, 6.45) is 2.14. The van der Waals surface area contributed by atoms with Gasteiger partial charge in [-0.25, -0.2) is 0 Å². The zero-order valence-corrected chi connectivity index (χ0v) is 13.6. The minimum atomic E-state index is 0.470. The van der Waals surface area contributed by atoms with E-state index < -0.39 is 0 Å². The van der Waals surface area contributed by atoms with Crippen molar-refractivity contribution in [2.75, 3.05) is 13.1 Å². The Hall–Kier alpha value is -1.80. The van der Waals surface area contributed by atoms with Gasteiger partial charge in [-0.2, -0.15) is 0 Å². The van der Waals surface area contributed by atoms with Gasteiger partial charge in [0.25, 0.3) is 0 Å². The largest absolute Gasteiger partial charge is 0.507 e. The standard InChI is InChI=1S/C20H23NO/c1-4-21-8-7-15-9-12(2)10-16-18(15)17(21)11-14-6-5-13(3)20(22)19(14)16/h5-6,9-10,17,22H,4,7-8,11H2,1-3H3/t17-/m1/s1. The average molecular weight is 293 g/mol. The predicted octanol–water partition coefficient (Wildman–Crippen LogP) is 4.15. The van der Waals surface area contributed by atoms with Gasteiger partial charge in [-0.3, -0.25) is 4.90 Å². The monoisotopic (exact) mass is 293 g/mol. The van der Waals surface area contributed by atoms with Crippen LogP contribution in [0.5, 0.6) is 5.75 Å². The number of likely N-dealkylation sites (N-methyl/N-ethyl adjacent to an activating group) is 1. The van der Waals surface area contributed by atoms with Gasteiger partial charge in [-0.05, 0) is 61.1 Å².